The molecule has 1 atom stereocenters. The van der Waals surface area contributed by atoms with Gasteiger partial charge in [-0.3, -0.25) is 18.5 Å². The Morgan fingerprint density at radius 2 is 1.86 bits per heavy atom. The molecule has 3 heterocycles. The predicted octanol–water partition coefficient (Wildman–Crippen LogP) is 1.86. The quantitative estimate of drug-likeness (QED) is 0.690. The Hall–Kier alpha value is -2.90. The Morgan fingerprint density at radius 3 is 2.54 bits per heavy atom. The van der Waals surface area contributed by atoms with Crippen molar-refractivity contribution in [2.24, 2.45) is 20.0 Å². The zero-order chi connectivity index (χ0) is 20.0. The second-order valence-corrected chi connectivity index (χ2v) is 7.70. The third kappa shape index (κ3) is 3.02. The van der Waals surface area contributed by atoms with Gasteiger partial charge < -0.3 is 4.90 Å². The minimum absolute atomic E-state index is 0.303. The molecular formula is C20H24FN5O2. The van der Waals surface area contributed by atoms with Crippen LogP contribution in [-0.2, 0) is 20.6 Å². The number of imidazole rings is 1. The summed E-state index contributed by atoms with van der Waals surface area (Å²) in [5.41, 5.74) is 0.861. The summed E-state index contributed by atoms with van der Waals surface area (Å²) in [5, 5.41) is 0. The first kappa shape index (κ1) is 18.5. The molecule has 8 heteroatoms. The Balaban J connectivity index is 1.95. The number of aryl methyl sites for hydroxylation is 1. The summed E-state index contributed by atoms with van der Waals surface area (Å²) in [6.07, 6.45) is 2.22. The van der Waals surface area contributed by atoms with E-state index < -0.39 is 5.69 Å². The molecule has 0 aliphatic carbocycles. The molecule has 0 spiro atoms. The highest BCUT2D eigenvalue weighted by atomic mass is 19.1. The van der Waals surface area contributed by atoms with Crippen molar-refractivity contribution < 1.29 is 4.39 Å². The Bertz CT molecular complexity index is 1140. The number of hydrogen-bond acceptors (Lipinski definition) is 4. The largest absolute Gasteiger partial charge is 0.342 e. The lowest BCUT2D eigenvalue weighted by atomic mass is 10.0. The molecule has 148 valence electrons. The molecule has 1 fully saturated rings. The van der Waals surface area contributed by atoms with Crippen LogP contribution in [0.1, 0.15) is 25.3 Å². The lowest BCUT2D eigenvalue weighted by molar-refractivity contribution is 0.439. The van der Waals surface area contributed by atoms with E-state index in [2.05, 4.69) is 11.8 Å². The molecule has 1 unspecified atom stereocenters. The fourth-order valence-corrected chi connectivity index (χ4v) is 3.97. The highest BCUT2D eigenvalue weighted by Gasteiger charge is 2.25. The first-order valence-electron chi connectivity index (χ1n) is 9.52. The maximum Gasteiger partial charge on any atom is 0.332 e. The first-order valence-corrected chi connectivity index (χ1v) is 9.52. The van der Waals surface area contributed by atoms with Crippen molar-refractivity contribution >= 4 is 17.1 Å². The minimum atomic E-state index is -0.400. The van der Waals surface area contributed by atoms with Gasteiger partial charge in [0.1, 0.15) is 5.82 Å². The molecule has 0 radical (unpaired) electrons. The van der Waals surface area contributed by atoms with Gasteiger partial charge in [-0.05, 0) is 36.5 Å². The van der Waals surface area contributed by atoms with Gasteiger partial charge in [-0.1, -0.05) is 19.1 Å². The summed E-state index contributed by atoms with van der Waals surface area (Å²) in [5.74, 6) is 0.909. The number of anilines is 1. The number of benzene rings is 1. The van der Waals surface area contributed by atoms with Gasteiger partial charge in [-0.15, -0.1) is 0 Å². The molecule has 2 aromatic heterocycles. The standard InChI is InChI=1S/C20H24FN5O2/c1-13-5-4-10-25(11-13)19-22-17-16(18(27)24(3)20(28)23(17)2)26(19)12-14-6-8-15(21)9-7-14/h6-9,13H,4-5,10-12H2,1-3H3. The Morgan fingerprint density at radius 1 is 1.14 bits per heavy atom. The Kier molecular flexibility index (Phi) is 4.56. The van der Waals surface area contributed by atoms with Gasteiger partial charge in [0.25, 0.3) is 5.56 Å². The van der Waals surface area contributed by atoms with Gasteiger partial charge in [0.15, 0.2) is 11.2 Å². The molecule has 3 aromatic rings. The van der Waals surface area contributed by atoms with Gasteiger partial charge in [-0.25, -0.2) is 9.18 Å². The maximum atomic E-state index is 13.3. The second-order valence-electron chi connectivity index (χ2n) is 7.70. The second kappa shape index (κ2) is 6.92. The summed E-state index contributed by atoms with van der Waals surface area (Å²) in [6, 6.07) is 6.22. The van der Waals surface area contributed by atoms with Crippen molar-refractivity contribution in [3.63, 3.8) is 0 Å². The van der Waals surface area contributed by atoms with E-state index in [1.165, 1.54) is 23.7 Å². The van der Waals surface area contributed by atoms with E-state index in [1.807, 2.05) is 4.57 Å². The average molecular weight is 385 g/mol. The van der Waals surface area contributed by atoms with Crippen LogP contribution in [0.15, 0.2) is 33.9 Å². The summed E-state index contributed by atoms with van der Waals surface area (Å²) in [6.45, 7) is 4.28. The summed E-state index contributed by atoms with van der Waals surface area (Å²) in [4.78, 5) is 32.2. The maximum absolute atomic E-state index is 13.3. The topological polar surface area (TPSA) is 65.1 Å². The molecule has 1 aromatic carbocycles. The highest BCUT2D eigenvalue weighted by molar-refractivity contribution is 5.74. The van der Waals surface area contributed by atoms with Crippen molar-refractivity contribution in [1.82, 2.24) is 18.7 Å². The molecule has 0 amide bonds. The minimum Gasteiger partial charge on any atom is -0.342 e. The zero-order valence-electron chi connectivity index (χ0n) is 16.4. The van der Waals surface area contributed by atoms with Crippen LogP contribution in [0.25, 0.3) is 11.2 Å². The molecule has 28 heavy (non-hydrogen) atoms. The predicted molar refractivity (Wildman–Crippen MR) is 106 cm³/mol. The van der Waals surface area contributed by atoms with Gasteiger partial charge in [-0.2, -0.15) is 4.98 Å². The SMILES string of the molecule is CC1CCCN(c2nc3c(c(=O)n(C)c(=O)n3C)n2Cc2ccc(F)cc2)C1. The lowest BCUT2D eigenvalue weighted by Crippen LogP contribution is -2.38. The third-order valence-electron chi connectivity index (χ3n) is 5.52. The van der Waals surface area contributed by atoms with Crippen LogP contribution in [-0.4, -0.2) is 31.8 Å². The average Bonchev–Trinajstić information content (AvgIpc) is 3.06. The normalized spacial score (nSPS) is 17.4. The van der Waals surface area contributed by atoms with E-state index in [9.17, 15) is 14.0 Å². The van der Waals surface area contributed by atoms with E-state index in [0.29, 0.717) is 29.6 Å². The van der Waals surface area contributed by atoms with Crippen molar-refractivity contribution in [3.05, 3.63) is 56.5 Å². The molecule has 7 nitrogen and oxygen atoms in total. The van der Waals surface area contributed by atoms with Crippen LogP contribution in [0.2, 0.25) is 0 Å². The van der Waals surface area contributed by atoms with Crippen molar-refractivity contribution in [1.29, 1.82) is 0 Å². The van der Waals surface area contributed by atoms with Crippen LogP contribution in [0.5, 0.6) is 0 Å². The first-order chi connectivity index (χ1) is 13.4. The zero-order valence-corrected chi connectivity index (χ0v) is 16.4. The molecule has 0 N–H and O–H groups in total. The lowest BCUT2D eigenvalue weighted by Gasteiger charge is -2.32. The smallest absolute Gasteiger partial charge is 0.332 e. The number of piperidine rings is 1. The van der Waals surface area contributed by atoms with Crippen LogP contribution in [0, 0.1) is 11.7 Å². The van der Waals surface area contributed by atoms with Crippen LogP contribution in [0.4, 0.5) is 10.3 Å². The van der Waals surface area contributed by atoms with E-state index in [-0.39, 0.29) is 11.4 Å². The van der Waals surface area contributed by atoms with Gasteiger partial charge >= 0.3 is 5.69 Å². The Labute approximate surface area is 161 Å². The molecule has 1 aliphatic heterocycles. The number of aromatic nitrogens is 4. The van der Waals surface area contributed by atoms with Crippen molar-refractivity contribution in [3.8, 4) is 0 Å². The molecule has 0 saturated carbocycles. The van der Waals surface area contributed by atoms with Gasteiger partial charge in [0.2, 0.25) is 5.95 Å². The monoisotopic (exact) mass is 385 g/mol. The fourth-order valence-electron chi connectivity index (χ4n) is 3.97. The van der Waals surface area contributed by atoms with E-state index >= 15 is 0 Å². The number of halogens is 1. The summed E-state index contributed by atoms with van der Waals surface area (Å²) in [7, 11) is 3.10. The molecule has 0 bridgehead atoms. The summed E-state index contributed by atoms with van der Waals surface area (Å²) >= 11 is 0. The number of hydrogen-bond donors (Lipinski definition) is 0. The third-order valence-corrected chi connectivity index (χ3v) is 5.52. The van der Waals surface area contributed by atoms with Gasteiger partial charge in [0.05, 0.1) is 6.54 Å². The summed E-state index contributed by atoms with van der Waals surface area (Å²) < 4.78 is 17.7. The number of fused-ring (bicyclic) bond motifs is 1. The van der Waals surface area contributed by atoms with Crippen LogP contribution < -0.4 is 16.1 Å². The van der Waals surface area contributed by atoms with E-state index in [1.54, 1.807) is 19.2 Å². The molecular weight excluding hydrogens is 361 g/mol. The van der Waals surface area contributed by atoms with Crippen LogP contribution in [0.3, 0.4) is 0 Å². The molecule has 4 rings (SSSR count). The number of rotatable bonds is 3. The van der Waals surface area contributed by atoms with Crippen LogP contribution >= 0.6 is 0 Å². The van der Waals surface area contributed by atoms with Crippen molar-refractivity contribution in [2.45, 2.75) is 26.3 Å². The number of nitrogens with zero attached hydrogens (tertiary/aromatic N) is 5. The van der Waals surface area contributed by atoms with E-state index in [4.69, 9.17) is 4.98 Å². The fraction of sp³-hybridized carbons (Fsp3) is 0.450. The van der Waals surface area contributed by atoms with Crippen molar-refractivity contribution in [2.75, 3.05) is 18.0 Å². The van der Waals surface area contributed by atoms with Gasteiger partial charge in [0, 0.05) is 27.2 Å². The van der Waals surface area contributed by atoms with E-state index in [0.717, 1.165) is 36.1 Å². The molecule has 1 saturated heterocycles. The molecule has 1 aliphatic rings. The highest BCUT2D eigenvalue weighted by Crippen LogP contribution is 2.26.